The molecule has 8 heteroatoms. The maximum Gasteiger partial charge on any atom is 0.317 e. The summed E-state index contributed by atoms with van der Waals surface area (Å²) < 4.78 is 0. The highest BCUT2D eigenvalue weighted by Crippen LogP contribution is 2.44. The van der Waals surface area contributed by atoms with Gasteiger partial charge in [0.2, 0.25) is 0 Å². The van der Waals surface area contributed by atoms with Crippen LogP contribution in [-0.4, -0.2) is 64.5 Å². The van der Waals surface area contributed by atoms with Crippen LogP contribution in [0.25, 0.3) is 16.5 Å². The number of fused-ring (bicyclic) bond motifs is 2. The summed E-state index contributed by atoms with van der Waals surface area (Å²) in [5.41, 5.74) is 3.75. The number of urea groups is 1. The van der Waals surface area contributed by atoms with Crippen LogP contribution in [0.4, 0.5) is 10.5 Å². The SMILES string of the molecule is CCN(CC)C(=O)N[C@H]1C=C2c3c([N+](=O)[O-])ccc4[nH]cc(c34)C[C@H]2N(C)C1. The molecule has 2 heterocycles. The second-order valence-corrected chi connectivity index (χ2v) is 7.46. The van der Waals surface area contributed by atoms with Crippen molar-refractivity contribution in [1.82, 2.24) is 20.1 Å². The van der Waals surface area contributed by atoms with E-state index in [4.69, 9.17) is 0 Å². The van der Waals surface area contributed by atoms with Crippen LogP contribution in [0.3, 0.4) is 0 Å². The van der Waals surface area contributed by atoms with E-state index >= 15 is 0 Å². The summed E-state index contributed by atoms with van der Waals surface area (Å²) in [4.78, 5) is 31.1. The number of carbonyl (C=O) groups excluding carboxylic acids is 1. The predicted octanol–water partition coefficient (Wildman–Crippen LogP) is 2.75. The molecule has 0 radical (unpaired) electrons. The van der Waals surface area contributed by atoms with Crippen molar-refractivity contribution in [2.75, 3.05) is 26.7 Å². The predicted molar refractivity (Wildman–Crippen MR) is 108 cm³/mol. The van der Waals surface area contributed by atoms with E-state index in [1.807, 2.05) is 33.2 Å². The molecule has 2 amide bonds. The third-order valence-electron chi connectivity index (χ3n) is 5.92. The number of rotatable bonds is 4. The van der Waals surface area contributed by atoms with Gasteiger partial charge >= 0.3 is 6.03 Å². The Morgan fingerprint density at radius 2 is 2.14 bits per heavy atom. The largest absolute Gasteiger partial charge is 0.361 e. The Morgan fingerprint density at radius 1 is 1.39 bits per heavy atom. The van der Waals surface area contributed by atoms with Crippen molar-refractivity contribution in [3.63, 3.8) is 0 Å². The van der Waals surface area contributed by atoms with Gasteiger partial charge in [-0.15, -0.1) is 0 Å². The number of nitrogens with zero attached hydrogens (tertiary/aromatic N) is 3. The molecule has 148 valence electrons. The van der Waals surface area contributed by atoms with Crippen LogP contribution in [0.5, 0.6) is 0 Å². The summed E-state index contributed by atoms with van der Waals surface area (Å²) in [5, 5.41) is 15.7. The van der Waals surface area contributed by atoms with Crippen LogP contribution in [0.2, 0.25) is 0 Å². The summed E-state index contributed by atoms with van der Waals surface area (Å²) in [6, 6.07) is 3.10. The highest BCUT2D eigenvalue weighted by molar-refractivity contribution is 6.02. The van der Waals surface area contributed by atoms with Crippen molar-refractivity contribution in [2.45, 2.75) is 32.4 Å². The van der Waals surface area contributed by atoms with E-state index in [1.165, 1.54) is 0 Å². The lowest BCUT2D eigenvalue weighted by Gasteiger charge is -2.40. The van der Waals surface area contributed by atoms with Gasteiger partial charge in [0.1, 0.15) is 0 Å². The number of nitro groups is 1. The van der Waals surface area contributed by atoms with E-state index in [9.17, 15) is 14.9 Å². The fourth-order valence-electron chi connectivity index (χ4n) is 4.52. The number of nitro benzene ring substituents is 1. The number of aromatic nitrogens is 1. The third kappa shape index (κ3) is 2.84. The second kappa shape index (κ2) is 6.94. The lowest BCUT2D eigenvalue weighted by molar-refractivity contribution is -0.385. The fourth-order valence-corrected chi connectivity index (χ4v) is 4.52. The molecule has 2 atom stereocenters. The number of carbonyl (C=O) groups is 1. The van der Waals surface area contributed by atoms with E-state index < -0.39 is 0 Å². The van der Waals surface area contributed by atoms with Gasteiger partial charge in [-0.05, 0) is 44.5 Å². The van der Waals surface area contributed by atoms with Gasteiger partial charge in [-0.1, -0.05) is 6.08 Å². The molecule has 0 saturated carbocycles. The van der Waals surface area contributed by atoms with E-state index in [0.29, 0.717) is 25.2 Å². The van der Waals surface area contributed by atoms with Crippen LogP contribution >= 0.6 is 0 Å². The summed E-state index contributed by atoms with van der Waals surface area (Å²) in [5.74, 6) is 0. The van der Waals surface area contributed by atoms with Gasteiger partial charge in [-0.2, -0.15) is 0 Å². The van der Waals surface area contributed by atoms with Crippen molar-refractivity contribution in [3.8, 4) is 0 Å². The Bertz CT molecular complexity index is 976. The first kappa shape index (κ1) is 18.5. The zero-order valence-electron chi connectivity index (χ0n) is 16.4. The Labute approximate surface area is 163 Å². The van der Waals surface area contributed by atoms with Gasteiger partial charge in [0.25, 0.3) is 5.69 Å². The van der Waals surface area contributed by atoms with Crippen LogP contribution in [0.15, 0.2) is 24.4 Å². The van der Waals surface area contributed by atoms with Crippen LogP contribution < -0.4 is 5.32 Å². The number of hydrogen-bond donors (Lipinski definition) is 2. The van der Waals surface area contributed by atoms with Gasteiger partial charge in [0.05, 0.1) is 16.5 Å². The summed E-state index contributed by atoms with van der Waals surface area (Å²) in [6.45, 7) is 5.85. The van der Waals surface area contributed by atoms with E-state index in [2.05, 4.69) is 15.2 Å². The fraction of sp³-hybridized carbons (Fsp3) is 0.450. The van der Waals surface area contributed by atoms with E-state index in [-0.39, 0.29) is 28.7 Å². The molecule has 0 fully saturated rings. The molecule has 2 N–H and O–H groups in total. The zero-order valence-corrected chi connectivity index (χ0v) is 16.4. The third-order valence-corrected chi connectivity index (χ3v) is 5.92. The number of aromatic amines is 1. The molecule has 4 rings (SSSR count). The van der Waals surface area contributed by atoms with Gasteiger partial charge in [-0.3, -0.25) is 15.0 Å². The van der Waals surface area contributed by atoms with Gasteiger partial charge in [0, 0.05) is 48.8 Å². The second-order valence-electron chi connectivity index (χ2n) is 7.46. The van der Waals surface area contributed by atoms with E-state index in [0.717, 1.165) is 28.5 Å². The number of benzene rings is 1. The normalized spacial score (nSPS) is 21.2. The average molecular weight is 383 g/mol. The summed E-state index contributed by atoms with van der Waals surface area (Å²) in [7, 11) is 2.01. The Hall–Kier alpha value is -2.87. The molecule has 0 unspecified atom stereocenters. The number of H-pyrrole nitrogens is 1. The zero-order chi connectivity index (χ0) is 20.0. The molecule has 0 spiro atoms. The average Bonchev–Trinajstić information content (AvgIpc) is 3.07. The first-order valence-electron chi connectivity index (χ1n) is 9.69. The molecule has 1 aromatic carbocycles. The number of likely N-dealkylation sites (N-methyl/N-ethyl adjacent to an activating group) is 1. The molecular weight excluding hydrogens is 358 g/mol. The van der Waals surface area contributed by atoms with Crippen molar-refractivity contribution < 1.29 is 9.72 Å². The number of hydrogen-bond acceptors (Lipinski definition) is 4. The van der Waals surface area contributed by atoms with Gasteiger partial charge in [0.15, 0.2) is 0 Å². The topological polar surface area (TPSA) is 94.5 Å². The van der Waals surface area contributed by atoms with Crippen molar-refractivity contribution >= 4 is 28.2 Å². The van der Waals surface area contributed by atoms with Crippen LogP contribution in [-0.2, 0) is 6.42 Å². The quantitative estimate of drug-likeness (QED) is 0.627. The molecule has 2 aromatic rings. The molecule has 1 aromatic heterocycles. The Kier molecular flexibility index (Phi) is 4.58. The standard InChI is InChI=1S/C20H25N5O3/c1-4-24(5-2)20(26)22-13-9-14-17(23(3)11-13)8-12-10-21-15-6-7-16(25(27)28)19(14)18(12)15/h6-7,9-10,13,17,21H,4-5,8,11H2,1-3H3,(H,22,26)/t13-,17+/m0/s1. The van der Waals surface area contributed by atoms with Crippen LogP contribution in [0.1, 0.15) is 25.0 Å². The molecule has 0 bridgehead atoms. The summed E-state index contributed by atoms with van der Waals surface area (Å²) >= 11 is 0. The first-order chi connectivity index (χ1) is 13.4. The molecule has 2 aliphatic rings. The Balaban J connectivity index is 1.79. The van der Waals surface area contributed by atoms with Crippen LogP contribution in [0, 0.1) is 10.1 Å². The van der Waals surface area contributed by atoms with Crippen molar-refractivity contribution in [1.29, 1.82) is 0 Å². The molecular formula is C20H25N5O3. The number of nitrogens with one attached hydrogen (secondary N) is 2. The maximum absolute atomic E-state index is 12.5. The minimum absolute atomic E-state index is 0.0641. The molecule has 28 heavy (non-hydrogen) atoms. The summed E-state index contributed by atoms with van der Waals surface area (Å²) in [6.07, 6.45) is 4.77. The molecule has 1 aliphatic carbocycles. The smallest absolute Gasteiger partial charge is 0.317 e. The highest BCUT2D eigenvalue weighted by atomic mass is 16.6. The van der Waals surface area contributed by atoms with Gasteiger partial charge < -0.3 is 15.2 Å². The maximum atomic E-state index is 12.5. The van der Waals surface area contributed by atoms with Crippen molar-refractivity contribution in [3.05, 3.63) is 45.6 Å². The monoisotopic (exact) mass is 383 g/mol. The highest BCUT2D eigenvalue weighted by Gasteiger charge is 2.38. The molecule has 0 saturated heterocycles. The first-order valence-corrected chi connectivity index (χ1v) is 9.69. The minimum Gasteiger partial charge on any atom is -0.361 e. The molecule has 8 nitrogen and oxygen atoms in total. The Morgan fingerprint density at radius 3 is 2.82 bits per heavy atom. The molecule has 1 aliphatic heterocycles. The van der Waals surface area contributed by atoms with Gasteiger partial charge in [-0.25, -0.2) is 4.79 Å². The lowest BCUT2D eigenvalue weighted by Crippen LogP contribution is -2.52. The van der Waals surface area contributed by atoms with E-state index in [1.54, 1.807) is 17.0 Å². The minimum atomic E-state index is -0.313. The number of amides is 2. The van der Waals surface area contributed by atoms with Crippen molar-refractivity contribution in [2.24, 2.45) is 0 Å². The lowest BCUT2D eigenvalue weighted by atomic mass is 9.80.